The summed E-state index contributed by atoms with van der Waals surface area (Å²) in [5.41, 5.74) is 2.80. The zero-order chi connectivity index (χ0) is 10.8. The van der Waals surface area contributed by atoms with Crippen LogP contribution in [-0.4, -0.2) is 10.1 Å². The molecule has 1 aromatic carbocycles. The van der Waals surface area contributed by atoms with Crippen molar-refractivity contribution in [2.45, 2.75) is 6.92 Å². The molecule has 0 saturated carbocycles. The molecule has 3 heteroatoms. The van der Waals surface area contributed by atoms with E-state index in [1.54, 1.807) is 12.1 Å². The van der Waals surface area contributed by atoms with Gasteiger partial charge in [-0.15, -0.1) is 0 Å². The molecule has 0 atom stereocenters. The maximum Gasteiger partial charge on any atom is 0.133 e. The van der Waals surface area contributed by atoms with Crippen LogP contribution in [0.15, 0.2) is 36.5 Å². The summed E-state index contributed by atoms with van der Waals surface area (Å²) in [4.78, 5) is 4.14. The zero-order valence-electron chi connectivity index (χ0n) is 8.24. The van der Waals surface area contributed by atoms with Crippen molar-refractivity contribution >= 4 is 11.6 Å². The predicted octanol–water partition coefficient (Wildman–Crippen LogP) is 3.42. The van der Waals surface area contributed by atoms with Gasteiger partial charge in [-0.2, -0.15) is 0 Å². The van der Waals surface area contributed by atoms with Crippen molar-refractivity contribution in [1.82, 2.24) is 4.98 Å². The second-order valence-corrected chi connectivity index (χ2v) is 3.72. The quantitative estimate of drug-likeness (QED) is 0.797. The number of aromatic hydroxyl groups is 1. The summed E-state index contributed by atoms with van der Waals surface area (Å²) < 4.78 is 0. The van der Waals surface area contributed by atoms with Crippen LogP contribution in [0.2, 0.25) is 5.02 Å². The maximum atomic E-state index is 9.14. The summed E-state index contributed by atoms with van der Waals surface area (Å²) in [5, 5.41) is 9.86. The third kappa shape index (κ3) is 1.95. The molecule has 0 bridgehead atoms. The molecular weight excluding hydrogens is 210 g/mol. The molecule has 0 aliphatic carbocycles. The molecule has 2 aromatic rings. The largest absolute Gasteiger partial charge is 0.506 e. The van der Waals surface area contributed by atoms with Crippen LogP contribution < -0.4 is 0 Å². The Morgan fingerprint density at radius 2 is 2.00 bits per heavy atom. The lowest BCUT2D eigenvalue weighted by Gasteiger charge is -2.06. The predicted molar refractivity (Wildman–Crippen MR) is 61.1 cm³/mol. The number of hydrogen-bond donors (Lipinski definition) is 1. The Kier molecular flexibility index (Phi) is 2.60. The number of aromatic nitrogens is 1. The van der Waals surface area contributed by atoms with E-state index < -0.39 is 0 Å². The number of rotatable bonds is 1. The van der Waals surface area contributed by atoms with Crippen LogP contribution in [0.25, 0.3) is 11.3 Å². The molecule has 0 amide bonds. The Morgan fingerprint density at radius 1 is 1.20 bits per heavy atom. The summed E-state index contributed by atoms with van der Waals surface area (Å²) in [7, 11) is 0. The summed E-state index contributed by atoms with van der Waals surface area (Å²) >= 11 is 6.02. The van der Waals surface area contributed by atoms with Gasteiger partial charge in [0.1, 0.15) is 5.75 Å². The van der Waals surface area contributed by atoms with Crippen LogP contribution in [0.1, 0.15) is 5.56 Å². The minimum Gasteiger partial charge on any atom is -0.506 e. The molecule has 15 heavy (non-hydrogen) atoms. The minimum atomic E-state index is 0.165. The van der Waals surface area contributed by atoms with Crippen LogP contribution in [0, 0.1) is 6.92 Å². The monoisotopic (exact) mass is 219 g/mol. The highest BCUT2D eigenvalue weighted by molar-refractivity contribution is 6.31. The lowest BCUT2D eigenvalue weighted by molar-refractivity contribution is 0.473. The average Bonchev–Trinajstić information content (AvgIpc) is 2.24. The van der Waals surface area contributed by atoms with E-state index in [1.807, 2.05) is 25.1 Å². The first-order valence-corrected chi connectivity index (χ1v) is 4.97. The summed E-state index contributed by atoms with van der Waals surface area (Å²) in [6.45, 7) is 1.95. The van der Waals surface area contributed by atoms with Gasteiger partial charge in [-0.3, -0.25) is 4.98 Å². The fourth-order valence-electron chi connectivity index (χ4n) is 1.43. The lowest BCUT2D eigenvalue weighted by atomic mass is 10.1. The first-order chi connectivity index (χ1) is 7.18. The molecule has 2 nitrogen and oxygen atoms in total. The van der Waals surface area contributed by atoms with Gasteiger partial charge in [0, 0.05) is 10.6 Å². The highest BCUT2D eigenvalue weighted by atomic mass is 35.5. The highest BCUT2D eigenvalue weighted by Gasteiger charge is 2.05. The van der Waals surface area contributed by atoms with E-state index in [1.165, 1.54) is 6.20 Å². The Hall–Kier alpha value is -1.54. The Balaban J connectivity index is 2.54. The lowest BCUT2D eigenvalue weighted by Crippen LogP contribution is -1.86. The summed E-state index contributed by atoms with van der Waals surface area (Å²) in [6, 6.07) is 9.08. The fourth-order valence-corrected chi connectivity index (χ4v) is 1.60. The first kappa shape index (κ1) is 9.99. The smallest absolute Gasteiger partial charge is 0.133 e. The van der Waals surface area contributed by atoms with Crippen LogP contribution in [0.4, 0.5) is 0 Å². The molecule has 0 radical (unpaired) electrons. The van der Waals surface area contributed by atoms with Crippen molar-refractivity contribution in [1.29, 1.82) is 0 Å². The summed E-state index contributed by atoms with van der Waals surface area (Å²) in [6.07, 6.45) is 1.43. The van der Waals surface area contributed by atoms with E-state index in [2.05, 4.69) is 4.98 Å². The first-order valence-electron chi connectivity index (χ1n) is 4.59. The van der Waals surface area contributed by atoms with Gasteiger partial charge < -0.3 is 5.11 Å². The Labute approximate surface area is 93.2 Å². The normalized spacial score (nSPS) is 10.3. The van der Waals surface area contributed by atoms with Crippen molar-refractivity contribution in [3.05, 3.63) is 47.1 Å². The minimum absolute atomic E-state index is 0.165. The average molecular weight is 220 g/mol. The SMILES string of the molecule is Cc1c(Cl)cccc1-c1ccc(O)cn1. The molecule has 0 saturated heterocycles. The van der Waals surface area contributed by atoms with Gasteiger partial charge in [-0.1, -0.05) is 23.7 Å². The van der Waals surface area contributed by atoms with Crippen molar-refractivity contribution < 1.29 is 5.11 Å². The third-order valence-corrected chi connectivity index (χ3v) is 2.70. The van der Waals surface area contributed by atoms with Crippen molar-refractivity contribution in [2.24, 2.45) is 0 Å². The van der Waals surface area contributed by atoms with Crippen molar-refractivity contribution in [2.75, 3.05) is 0 Å². The second kappa shape index (κ2) is 3.91. The Morgan fingerprint density at radius 3 is 2.67 bits per heavy atom. The second-order valence-electron chi connectivity index (χ2n) is 3.31. The van der Waals surface area contributed by atoms with Crippen molar-refractivity contribution in [3.63, 3.8) is 0 Å². The van der Waals surface area contributed by atoms with Crippen LogP contribution in [0.5, 0.6) is 5.75 Å². The van der Waals surface area contributed by atoms with E-state index in [4.69, 9.17) is 16.7 Å². The standard InChI is InChI=1S/C12H10ClNO/c1-8-10(3-2-4-11(8)13)12-6-5-9(15)7-14-12/h2-7,15H,1H3. The zero-order valence-corrected chi connectivity index (χ0v) is 8.99. The number of benzene rings is 1. The topological polar surface area (TPSA) is 33.1 Å². The van der Waals surface area contributed by atoms with Gasteiger partial charge in [-0.25, -0.2) is 0 Å². The molecule has 1 heterocycles. The van der Waals surface area contributed by atoms with Crippen molar-refractivity contribution in [3.8, 4) is 17.0 Å². The molecule has 0 fully saturated rings. The van der Waals surface area contributed by atoms with Gasteiger partial charge in [0.15, 0.2) is 0 Å². The van der Waals surface area contributed by atoms with Gasteiger partial charge in [0.2, 0.25) is 0 Å². The molecule has 0 aliphatic rings. The number of halogens is 1. The van der Waals surface area contributed by atoms with Gasteiger partial charge >= 0.3 is 0 Å². The molecule has 0 spiro atoms. The third-order valence-electron chi connectivity index (χ3n) is 2.29. The van der Waals surface area contributed by atoms with E-state index in [0.29, 0.717) is 0 Å². The number of pyridine rings is 1. The van der Waals surface area contributed by atoms with E-state index >= 15 is 0 Å². The van der Waals surface area contributed by atoms with Crippen LogP contribution in [-0.2, 0) is 0 Å². The summed E-state index contributed by atoms with van der Waals surface area (Å²) in [5.74, 6) is 0.165. The van der Waals surface area contributed by atoms with E-state index in [0.717, 1.165) is 21.8 Å². The van der Waals surface area contributed by atoms with E-state index in [-0.39, 0.29) is 5.75 Å². The molecule has 0 unspecified atom stereocenters. The molecule has 1 N–H and O–H groups in total. The molecular formula is C12H10ClNO. The molecule has 2 rings (SSSR count). The highest BCUT2D eigenvalue weighted by Crippen LogP contribution is 2.27. The van der Waals surface area contributed by atoms with E-state index in [9.17, 15) is 0 Å². The fraction of sp³-hybridized carbons (Fsp3) is 0.0833. The Bertz CT molecular complexity index is 479. The van der Waals surface area contributed by atoms with Gasteiger partial charge in [0.05, 0.1) is 11.9 Å². The number of nitrogens with zero attached hydrogens (tertiary/aromatic N) is 1. The molecule has 0 aliphatic heterocycles. The molecule has 1 aromatic heterocycles. The molecule has 76 valence electrons. The van der Waals surface area contributed by atoms with Crippen LogP contribution in [0.3, 0.4) is 0 Å². The number of hydrogen-bond acceptors (Lipinski definition) is 2. The van der Waals surface area contributed by atoms with Gasteiger partial charge in [0.25, 0.3) is 0 Å². The maximum absolute atomic E-state index is 9.14. The van der Waals surface area contributed by atoms with Gasteiger partial charge in [-0.05, 0) is 30.7 Å². The van der Waals surface area contributed by atoms with Crippen LogP contribution >= 0.6 is 11.6 Å².